The number of carbonyl (C=O) groups is 3. The molecule has 0 heterocycles. The Morgan fingerprint density at radius 1 is 0.909 bits per heavy atom. The summed E-state index contributed by atoms with van der Waals surface area (Å²) in [5.74, 6) is -0.602. The van der Waals surface area contributed by atoms with Crippen LogP contribution in [0.5, 0.6) is 0 Å². The van der Waals surface area contributed by atoms with E-state index in [-0.39, 0.29) is 24.1 Å². The Bertz CT molecular complexity index is 765. The number of esters is 2. The van der Waals surface area contributed by atoms with Crippen LogP contribution in [0, 0.1) is 0 Å². The van der Waals surface area contributed by atoms with Gasteiger partial charge < -0.3 is 14.3 Å². The fourth-order valence-electron chi connectivity index (χ4n) is 3.63. The first-order chi connectivity index (χ1) is 16.0. The minimum absolute atomic E-state index is 0.212. The lowest BCUT2D eigenvalue weighted by Crippen LogP contribution is -2.13. The van der Waals surface area contributed by atoms with Gasteiger partial charge in [-0.25, -0.2) is 0 Å². The summed E-state index contributed by atoms with van der Waals surface area (Å²) >= 11 is 0. The van der Waals surface area contributed by atoms with E-state index in [2.05, 4.69) is 6.92 Å². The van der Waals surface area contributed by atoms with Gasteiger partial charge in [0, 0.05) is 20.3 Å². The van der Waals surface area contributed by atoms with E-state index in [0.29, 0.717) is 19.3 Å². The Labute approximate surface area is 199 Å². The van der Waals surface area contributed by atoms with Crippen LogP contribution in [0.15, 0.2) is 42.5 Å². The summed E-state index contributed by atoms with van der Waals surface area (Å²) in [4.78, 5) is 33.5. The smallest absolute Gasteiger partial charge is 0.303 e. The molecule has 0 spiro atoms. The maximum atomic E-state index is 11.5. The van der Waals surface area contributed by atoms with E-state index in [1.807, 2.05) is 48.6 Å². The molecule has 2 unspecified atom stereocenters. The number of ether oxygens (including phenoxy) is 2. The summed E-state index contributed by atoms with van der Waals surface area (Å²) < 4.78 is 10.9. The number of hydrogen-bond donors (Lipinski definition) is 0. The summed E-state index contributed by atoms with van der Waals surface area (Å²) in [7, 11) is 0. The molecular formula is C28H40O5. The monoisotopic (exact) mass is 456 g/mol. The van der Waals surface area contributed by atoms with Gasteiger partial charge in [0.2, 0.25) is 0 Å². The molecule has 2 atom stereocenters. The van der Waals surface area contributed by atoms with Crippen LogP contribution >= 0.6 is 0 Å². The van der Waals surface area contributed by atoms with E-state index in [1.54, 1.807) is 0 Å². The van der Waals surface area contributed by atoms with Crippen molar-refractivity contribution in [2.75, 3.05) is 0 Å². The highest BCUT2D eigenvalue weighted by atomic mass is 16.5. The van der Waals surface area contributed by atoms with Gasteiger partial charge in [-0.3, -0.25) is 9.59 Å². The first kappa shape index (κ1) is 28.3. The Morgan fingerprint density at radius 2 is 1.64 bits per heavy atom. The van der Waals surface area contributed by atoms with Gasteiger partial charge in [0.05, 0.1) is 0 Å². The lowest BCUT2D eigenvalue weighted by Gasteiger charge is -2.17. The second-order valence-corrected chi connectivity index (χ2v) is 8.31. The van der Waals surface area contributed by atoms with Gasteiger partial charge in [-0.15, -0.1) is 0 Å². The lowest BCUT2D eigenvalue weighted by atomic mass is 10.0. The van der Waals surface area contributed by atoms with Gasteiger partial charge in [-0.1, -0.05) is 75.5 Å². The zero-order valence-electron chi connectivity index (χ0n) is 20.5. The molecule has 5 heteroatoms. The molecule has 0 saturated heterocycles. The maximum Gasteiger partial charge on any atom is 0.303 e. The second-order valence-electron chi connectivity index (χ2n) is 8.31. The summed E-state index contributed by atoms with van der Waals surface area (Å²) in [6.45, 7) is 5.05. The molecule has 0 aliphatic carbocycles. The third kappa shape index (κ3) is 14.1. The number of unbranched alkanes of at least 4 members (excludes halogenated alkanes) is 6. The number of rotatable bonds is 17. The van der Waals surface area contributed by atoms with Crippen molar-refractivity contribution in [3.8, 4) is 0 Å². The molecule has 1 aromatic carbocycles. The molecule has 1 rings (SSSR count). The van der Waals surface area contributed by atoms with Crippen LogP contribution in [0.3, 0.4) is 0 Å². The quantitative estimate of drug-likeness (QED) is 0.110. The molecule has 0 bridgehead atoms. The van der Waals surface area contributed by atoms with Gasteiger partial charge in [-0.05, 0) is 49.0 Å². The number of benzene rings is 1. The van der Waals surface area contributed by atoms with Gasteiger partial charge in [0.25, 0.3) is 0 Å². The lowest BCUT2D eigenvalue weighted by molar-refractivity contribution is -0.147. The molecule has 0 aliphatic heterocycles. The van der Waals surface area contributed by atoms with Crippen LogP contribution in [0.4, 0.5) is 0 Å². The standard InChI is InChI=1S/C28H40O5/c1-4-5-6-7-8-9-18-27(32-23(2)30)19-11-10-15-25-16-14-17-26(22-25)28(33-24(3)31)20-12-13-21-29/h10-11,14-17,19,21-22,27-28H,4-9,12-13,18,20H2,1-3H3/b15-10+,19-11+. The van der Waals surface area contributed by atoms with Crippen LogP contribution in [0.25, 0.3) is 6.08 Å². The van der Waals surface area contributed by atoms with Crippen LogP contribution in [-0.2, 0) is 23.9 Å². The Morgan fingerprint density at radius 3 is 2.33 bits per heavy atom. The first-order valence-electron chi connectivity index (χ1n) is 12.2. The van der Waals surface area contributed by atoms with Gasteiger partial charge >= 0.3 is 11.9 Å². The fourth-order valence-corrected chi connectivity index (χ4v) is 3.63. The molecule has 1 aromatic rings. The molecule has 0 aliphatic rings. The van der Waals surface area contributed by atoms with Crippen LogP contribution in [-0.4, -0.2) is 24.3 Å². The average Bonchev–Trinajstić information content (AvgIpc) is 2.78. The zero-order valence-corrected chi connectivity index (χ0v) is 20.5. The SMILES string of the molecule is CCCCCCCCC(/C=C/C=C/c1cccc(C(CCCC=O)OC(C)=O)c1)OC(C)=O. The van der Waals surface area contributed by atoms with Crippen molar-refractivity contribution >= 4 is 24.3 Å². The molecule has 5 nitrogen and oxygen atoms in total. The number of hydrogen-bond acceptors (Lipinski definition) is 5. The zero-order chi connectivity index (χ0) is 24.3. The van der Waals surface area contributed by atoms with E-state index >= 15 is 0 Å². The molecule has 0 amide bonds. The summed E-state index contributed by atoms with van der Waals surface area (Å²) in [5, 5.41) is 0. The third-order valence-electron chi connectivity index (χ3n) is 5.26. The van der Waals surface area contributed by atoms with E-state index < -0.39 is 0 Å². The highest BCUT2D eigenvalue weighted by Gasteiger charge is 2.14. The number of allylic oxidation sites excluding steroid dienone is 2. The van der Waals surface area contributed by atoms with E-state index in [0.717, 1.165) is 36.7 Å². The Kier molecular flexibility index (Phi) is 15.3. The largest absolute Gasteiger partial charge is 0.458 e. The van der Waals surface area contributed by atoms with E-state index in [4.69, 9.17) is 9.47 Å². The molecule has 33 heavy (non-hydrogen) atoms. The number of aldehydes is 1. The van der Waals surface area contributed by atoms with Crippen molar-refractivity contribution in [2.45, 2.75) is 97.2 Å². The molecule has 0 radical (unpaired) electrons. The minimum atomic E-state index is -0.364. The van der Waals surface area contributed by atoms with Gasteiger partial charge in [0.15, 0.2) is 0 Å². The normalized spacial score (nSPS) is 13.2. The van der Waals surface area contributed by atoms with Crippen LogP contribution in [0.2, 0.25) is 0 Å². The van der Waals surface area contributed by atoms with Gasteiger partial charge in [0.1, 0.15) is 18.5 Å². The van der Waals surface area contributed by atoms with Crippen molar-refractivity contribution < 1.29 is 23.9 Å². The summed E-state index contributed by atoms with van der Waals surface area (Å²) in [6, 6.07) is 7.82. The Balaban J connectivity index is 2.70. The predicted molar refractivity (Wildman–Crippen MR) is 133 cm³/mol. The molecule has 182 valence electrons. The van der Waals surface area contributed by atoms with Crippen LogP contribution in [0.1, 0.15) is 102 Å². The fraction of sp³-hybridized carbons (Fsp3) is 0.536. The van der Waals surface area contributed by atoms with Gasteiger partial charge in [-0.2, -0.15) is 0 Å². The molecular weight excluding hydrogens is 416 g/mol. The summed E-state index contributed by atoms with van der Waals surface area (Å²) in [6.07, 6.45) is 17.8. The molecule has 0 aromatic heterocycles. The second kappa shape index (κ2) is 17.8. The minimum Gasteiger partial charge on any atom is -0.458 e. The highest BCUT2D eigenvalue weighted by Crippen LogP contribution is 2.25. The Hall–Kier alpha value is -2.69. The predicted octanol–water partition coefficient (Wildman–Crippen LogP) is 6.91. The van der Waals surface area contributed by atoms with Crippen LogP contribution < -0.4 is 0 Å². The van der Waals surface area contributed by atoms with Crippen molar-refractivity contribution in [3.05, 3.63) is 53.6 Å². The van der Waals surface area contributed by atoms with Crippen molar-refractivity contribution in [1.29, 1.82) is 0 Å². The van der Waals surface area contributed by atoms with Crippen molar-refractivity contribution in [1.82, 2.24) is 0 Å². The third-order valence-corrected chi connectivity index (χ3v) is 5.26. The highest BCUT2D eigenvalue weighted by molar-refractivity contribution is 5.66. The van der Waals surface area contributed by atoms with E-state index in [1.165, 1.54) is 39.5 Å². The summed E-state index contributed by atoms with van der Waals surface area (Å²) in [5.41, 5.74) is 1.88. The van der Waals surface area contributed by atoms with Crippen molar-refractivity contribution in [2.24, 2.45) is 0 Å². The first-order valence-corrected chi connectivity index (χ1v) is 12.2. The maximum absolute atomic E-state index is 11.5. The molecule has 0 N–H and O–H groups in total. The average molecular weight is 457 g/mol. The van der Waals surface area contributed by atoms with Crippen molar-refractivity contribution in [3.63, 3.8) is 0 Å². The van der Waals surface area contributed by atoms with E-state index in [9.17, 15) is 14.4 Å². The molecule has 0 fully saturated rings. The number of carbonyl (C=O) groups excluding carboxylic acids is 3. The topological polar surface area (TPSA) is 69.7 Å². The molecule has 0 saturated carbocycles.